The maximum Gasteiger partial charge on any atom is 0.170 e. The average Bonchev–Trinajstić information content (AvgIpc) is 2.38. The molecule has 0 spiro atoms. The molecule has 0 aliphatic carbocycles. The van der Waals surface area contributed by atoms with Crippen LogP contribution in [0.2, 0.25) is 0 Å². The van der Waals surface area contributed by atoms with Crippen LogP contribution < -0.4 is 20.1 Å². The fourth-order valence-electron chi connectivity index (χ4n) is 1.43. The molecule has 5 heteroatoms. The molecule has 0 fully saturated rings. The molecule has 100 valence electrons. The molecule has 2 N–H and O–H groups in total. The number of benzene rings is 1. The zero-order valence-electron chi connectivity index (χ0n) is 11.1. The number of anilines is 1. The zero-order valence-corrected chi connectivity index (χ0v) is 11.9. The molecule has 4 nitrogen and oxygen atoms in total. The van der Waals surface area contributed by atoms with Crippen molar-refractivity contribution in [3.05, 3.63) is 18.2 Å². The smallest absolute Gasteiger partial charge is 0.170 e. The van der Waals surface area contributed by atoms with E-state index in [-0.39, 0.29) is 0 Å². The molecule has 0 saturated heterocycles. The Bertz CT molecular complexity index is 397. The number of ether oxygens (including phenoxy) is 2. The van der Waals surface area contributed by atoms with Gasteiger partial charge in [-0.2, -0.15) is 0 Å². The topological polar surface area (TPSA) is 42.5 Å². The van der Waals surface area contributed by atoms with Gasteiger partial charge in [-0.3, -0.25) is 0 Å². The largest absolute Gasteiger partial charge is 0.493 e. The van der Waals surface area contributed by atoms with Gasteiger partial charge in [0.25, 0.3) is 0 Å². The summed E-state index contributed by atoms with van der Waals surface area (Å²) >= 11 is 5.17. The molecule has 0 unspecified atom stereocenters. The Labute approximate surface area is 114 Å². The molecule has 1 aromatic carbocycles. The predicted molar refractivity (Wildman–Crippen MR) is 78.7 cm³/mol. The second kappa shape index (κ2) is 7.76. The van der Waals surface area contributed by atoms with Gasteiger partial charge in [0.05, 0.1) is 13.7 Å². The highest BCUT2D eigenvalue weighted by atomic mass is 32.1. The van der Waals surface area contributed by atoms with E-state index in [1.54, 1.807) is 7.11 Å². The van der Waals surface area contributed by atoms with Gasteiger partial charge in [0, 0.05) is 18.3 Å². The minimum absolute atomic E-state index is 0.611. The van der Waals surface area contributed by atoms with Crippen molar-refractivity contribution in [1.29, 1.82) is 0 Å². The van der Waals surface area contributed by atoms with Gasteiger partial charge >= 0.3 is 0 Å². The van der Waals surface area contributed by atoms with E-state index in [1.165, 1.54) is 0 Å². The van der Waals surface area contributed by atoms with Crippen LogP contribution in [0.3, 0.4) is 0 Å². The number of thiocarbonyl (C=S) groups is 1. The third-order valence-electron chi connectivity index (χ3n) is 2.26. The van der Waals surface area contributed by atoms with Crippen LogP contribution in [0.15, 0.2) is 18.2 Å². The van der Waals surface area contributed by atoms with E-state index in [9.17, 15) is 0 Å². The summed E-state index contributed by atoms with van der Waals surface area (Å²) < 4.78 is 10.7. The average molecular weight is 268 g/mol. The highest BCUT2D eigenvalue weighted by Gasteiger charge is 2.05. The Morgan fingerprint density at radius 2 is 2.06 bits per heavy atom. The number of methoxy groups -OCH3 is 1. The van der Waals surface area contributed by atoms with Crippen LogP contribution in [0.5, 0.6) is 11.5 Å². The first kappa shape index (κ1) is 14.6. The lowest BCUT2D eigenvalue weighted by molar-refractivity contribution is 0.311. The molecule has 1 rings (SSSR count). The first-order valence-corrected chi connectivity index (χ1v) is 6.47. The van der Waals surface area contributed by atoms with Gasteiger partial charge in [0.15, 0.2) is 16.6 Å². The zero-order chi connectivity index (χ0) is 13.4. The van der Waals surface area contributed by atoms with Crippen LogP contribution in [0, 0.1) is 0 Å². The molecule has 0 atom stereocenters. The van der Waals surface area contributed by atoms with Crippen molar-refractivity contribution >= 4 is 23.0 Å². The highest BCUT2D eigenvalue weighted by molar-refractivity contribution is 7.80. The number of nitrogens with one attached hydrogen (secondary N) is 2. The summed E-state index contributed by atoms with van der Waals surface area (Å²) in [5, 5.41) is 6.83. The van der Waals surface area contributed by atoms with Gasteiger partial charge in [-0.05, 0) is 37.7 Å². The second-order valence-corrected chi connectivity index (χ2v) is 4.09. The molecular formula is C13H20N2O2S. The lowest BCUT2D eigenvalue weighted by atomic mass is 10.3. The standard InChI is InChI=1S/C13H20N2O2S/c1-4-8-14-13(18)15-10-6-7-11(17-5-2)12(9-10)16-3/h6-7,9H,4-5,8H2,1-3H3,(H2,14,15,18). The van der Waals surface area contributed by atoms with Crippen LogP contribution in [0.1, 0.15) is 20.3 Å². The molecule has 18 heavy (non-hydrogen) atoms. The Morgan fingerprint density at radius 1 is 1.28 bits per heavy atom. The van der Waals surface area contributed by atoms with Crippen molar-refractivity contribution in [1.82, 2.24) is 5.32 Å². The normalized spacial score (nSPS) is 9.72. The van der Waals surface area contributed by atoms with Crippen molar-refractivity contribution in [2.45, 2.75) is 20.3 Å². The Kier molecular flexibility index (Phi) is 6.28. The Balaban J connectivity index is 2.69. The van der Waals surface area contributed by atoms with Crippen molar-refractivity contribution in [2.75, 3.05) is 25.6 Å². The molecule has 0 aliphatic heterocycles. The summed E-state index contributed by atoms with van der Waals surface area (Å²) in [5.74, 6) is 1.43. The van der Waals surface area contributed by atoms with Crippen molar-refractivity contribution in [3.8, 4) is 11.5 Å². The van der Waals surface area contributed by atoms with Crippen LogP contribution in [0.4, 0.5) is 5.69 Å². The van der Waals surface area contributed by atoms with Gasteiger partial charge in [-0.15, -0.1) is 0 Å². The SMILES string of the molecule is CCCNC(=S)Nc1ccc(OCC)c(OC)c1. The molecule has 1 aromatic rings. The van der Waals surface area contributed by atoms with E-state index in [2.05, 4.69) is 17.6 Å². The summed E-state index contributed by atoms with van der Waals surface area (Å²) in [6.07, 6.45) is 1.04. The maximum absolute atomic E-state index is 5.45. The van der Waals surface area contributed by atoms with Gasteiger partial charge < -0.3 is 20.1 Å². The van der Waals surface area contributed by atoms with Gasteiger partial charge in [-0.1, -0.05) is 6.92 Å². The molecule has 0 saturated carbocycles. The minimum atomic E-state index is 0.611. The lowest BCUT2D eigenvalue weighted by Crippen LogP contribution is -2.28. The van der Waals surface area contributed by atoms with Crippen molar-refractivity contribution < 1.29 is 9.47 Å². The van der Waals surface area contributed by atoms with Gasteiger partial charge in [0.1, 0.15) is 0 Å². The molecule has 0 aromatic heterocycles. The lowest BCUT2D eigenvalue weighted by Gasteiger charge is -2.13. The summed E-state index contributed by atoms with van der Waals surface area (Å²) in [6.45, 7) is 5.50. The van der Waals surface area contributed by atoms with E-state index in [1.807, 2.05) is 25.1 Å². The quantitative estimate of drug-likeness (QED) is 0.777. The Hall–Kier alpha value is -1.49. The van der Waals surface area contributed by atoms with E-state index in [0.29, 0.717) is 17.5 Å². The highest BCUT2D eigenvalue weighted by Crippen LogP contribution is 2.30. The molecule has 0 amide bonds. The van der Waals surface area contributed by atoms with Crippen LogP contribution in [0.25, 0.3) is 0 Å². The molecule has 0 radical (unpaired) electrons. The summed E-state index contributed by atoms with van der Waals surface area (Å²) in [5.41, 5.74) is 0.879. The molecule has 0 bridgehead atoms. The first-order chi connectivity index (χ1) is 8.71. The molecule has 0 heterocycles. The van der Waals surface area contributed by atoms with Gasteiger partial charge in [0.2, 0.25) is 0 Å². The van der Waals surface area contributed by atoms with E-state index in [0.717, 1.165) is 24.4 Å². The van der Waals surface area contributed by atoms with E-state index < -0.39 is 0 Å². The third kappa shape index (κ3) is 4.41. The fraction of sp³-hybridized carbons (Fsp3) is 0.462. The summed E-state index contributed by atoms with van der Waals surface area (Å²) in [7, 11) is 1.62. The van der Waals surface area contributed by atoms with E-state index >= 15 is 0 Å². The van der Waals surface area contributed by atoms with Crippen LogP contribution >= 0.6 is 12.2 Å². The molecular weight excluding hydrogens is 248 g/mol. The van der Waals surface area contributed by atoms with Crippen LogP contribution in [-0.2, 0) is 0 Å². The summed E-state index contributed by atoms with van der Waals surface area (Å²) in [6, 6.07) is 5.64. The van der Waals surface area contributed by atoms with Crippen molar-refractivity contribution in [3.63, 3.8) is 0 Å². The van der Waals surface area contributed by atoms with Crippen molar-refractivity contribution in [2.24, 2.45) is 0 Å². The Morgan fingerprint density at radius 3 is 2.67 bits per heavy atom. The number of hydrogen-bond acceptors (Lipinski definition) is 3. The third-order valence-corrected chi connectivity index (χ3v) is 2.50. The van der Waals surface area contributed by atoms with Gasteiger partial charge in [-0.25, -0.2) is 0 Å². The number of rotatable bonds is 6. The minimum Gasteiger partial charge on any atom is -0.493 e. The number of hydrogen-bond donors (Lipinski definition) is 2. The van der Waals surface area contributed by atoms with E-state index in [4.69, 9.17) is 21.7 Å². The maximum atomic E-state index is 5.45. The second-order valence-electron chi connectivity index (χ2n) is 3.68. The first-order valence-electron chi connectivity index (χ1n) is 6.07. The van der Waals surface area contributed by atoms with Crippen LogP contribution in [-0.4, -0.2) is 25.4 Å². The predicted octanol–water partition coefficient (Wildman–Crippen LogP) is 2.79. The molecule has 0 aliphatic rings. The monoisotopic (exact) mass is 268 g/mol. The summed E-state index contributed by atoms with van der Waals surface area (Å²) in [4.78, 5) is 0. The fourth-order valence-corrected chi connectivity index (χ4v) is 1.65.